The summed E-state index contributed by atoms with van der Waals surface area (Å²) in [6, 6.07) is 8.40. The highest BCUT2D eigenvalue weighted by molar-refractivity contribution is 6.31. The smallest absolute Gasteiger partial charge is 0.257 e. The number of anilines is 1. The summed E-state index contributed by atoms with van der Waals surface area (Å²) in [7, 11) is 1.53. The van der Waals surface area contributed by atoms with Crippen LogP contribution in [0.1, 0.15) is 10.4 Å². The molecule has 1 heterocycles. The number of nitrogens with one attached hydrogen (secondary N) is 1. The first-order valence-electron chi connectivity index (χ1n) is 5.25. The number of hydrogen-bond acceptors (Lipinski definition) is 3. The first-order valence-corrected chi connectivity index (χ1v) is 5.63. The second-order valence-electron chi connectivity index (χ2n) is 3.54. The first-order chi connectivity index (χ1) is 8.70. The van der Waals surface area contributed by atoms with E-state index >= 15 is 0 Å². The van der Waals surface area contributed by atoms with Crippen LogP contribution < -0.4 is 10.1 Å². The molecule has 0 aliphatic heterocycles. The summed E-state index contributed by atoms with van der Waals surface area (Å²) in [5.41, 5.74) is 0.999. The molecular weight excluding hydrogens is 252 g/mol. The van der Waals surface area contributed by atoms with E-state index in [4.69, 9.17) is 16.3 Å². The van der Waals surface area contributed by atoms with Crippen LogP contribution in [-0.2, 0) is 0 Å². The zero-order valence-electron chi connectivity index (χ0n) is 9.68. The van der Waals surface area contributed by atoms with Gasteiger partial charge >= 0.3 is 0 Å². The molecule has 0 saturated carbocycles. The molecule has 1 aromatic carbocycles. The normalized spacial score (nSPS) is 9.89. The Labute approximate surface area is 110 Å². The minimum absolute atomic E-state index is 0.260. The number of methoxy groups -OCH3 is 1. The number of carbonyl (C=O) groups is 1. The van der Waals surface area contributed by atoms with Gasteiger partial charge < -0.3 is 10.1 Å². The Kier molecular flexibility index (Phi) is 3.79. The average Bonchev–Trinajstić information content (AvgIpc) is 2.40. The lowest BCUT2D eigenvalue weighted by Gasteiger charge is -2.10. The lowest BCUT2D eigenvalue weighted by Crippen LogP contribution is -2.12. The van der Waals surface area contributed by atoms with Gasteiger partial charge in [-0.1, -0.05) is 11.6 Å². The van der Waals surface area contributed by atoms with Crippen LogP contribution >= 0.6 is 11.6 Å². The van der Waals surface area contributed by atoms with Crippen LogP contribution in [0.15, 0.2) is 42.7 Å². The molecule has 5 heteroatoms. The molecule has 0 fully saturated rings. The molecule has 1 aromatic heterocycles. The summed E-state index contributed by atoms with van der Waals surface area (Å²) in [6.07, 6.45) is 3.10. The highest BCUT2D eigenvalue weighted by Gasteiger charge is 2.10. The van der Waals surface area contributed by atoms with E-state index in [1.165, 1.54) is 13.3 Å². The topological polar surface area (TPSA) is 51.2 Å². The van der Waals surface area contributed by atoms with E-state index in [2.05, 4.69) is 10.3 Å². The quantitative estimate of drug-likeness (QED) is 0.925. The van der Waals surface area contributed by atoms with Crippen molar-refractivity contribution in [2.45, 2.75) is 0 Å². The van der Waals surface area contributed by atoms with E-state index in [1.807, 2.05) is 0 Å². The number of rotatable bonds is 3. The third kappa shape index (κ3) is 2.78. The van der Waals surface area contributed by atoms with E-state index in [0.29, 0.717) is 22.0 Å². The fourth-order valence-electron chi connectivity index (χ4n) is 1.47. The highest BCUT2D eigenvalue weighted by Crippen LogP contribution is 2.27. The Bertz CT molecular complexity index is 558. The van der Waals surface area contributed by atoms with Crippen LogP contribution in [0.2, 0.25) is 5.02 Å². The van der Waals surface area contributed by atoms with E-state index in [9.17, 15) is 4.79 Å². The van der Waals surface area contributed by atoms with Gasteiger partial charge in [0.2, 0.25) is 0 Å². The van der Waals surface area contributed by atoms with Gasteiger partial charge in [-0.15, -0.1) is 0 Å². The number of nitrogens with zero attached hydrogens (tertiary/aromatic N) is 1. The number of hydrogen-bond donors (Lipinski definition) is 1. The molecule has 0 spiro atoms. The van der Waals surface area contributed by atoms with Crippen molar-refractivity contribution in [2.24, 2.45) is 0 Å². The summed E-state index contributed by atoms with van der Waals surface area (Å²) in [5.74, 6) is 0.292. The molecule has 0 bridgehead atoms. The predicted molar refractivity (Wildman–Crippen MR) is 70.2 cm³/mol. The monoisotopic (exact) mass is 262 g/mol. The number of halogens is 1. The molecule has 0 saturated heterocycles. The number of pyridine rings is 1. The molecule has 1 amide bonds. The number of ether oxygens (including phenoxy) is 1. The summed E-state index contributed by atoms with van der Waals surface area (Å²) in [5, 5.41) is 3.26. The molecule has 0 aliphatic rings. The van der Waals surface area contributed by atoms with Gasteiger partial charge in [0, 0.05) is 17.4 Å². The second-order valence-corrected chi connectivity index (χ2v) is 3.98. The fourth-order valence-corrected chi connectivity index (χ4v) is 1.64. The van der Waals surface area contributed by atoms with Crippen LogP contribution in [0.3, 0.4) is 0 Å². The Hall–Kier alpha value is -2.07. The molecule has 1 N–H and O–H groups in total. The maximum absolute atomic E-state index is 11.9. The number of aromatic nitrogens is 1. The standard InChI is InChI=1S/C13H11ClN2O2/c1-18-12-5-4-10(14)7-11(12)16-13(17)9-3-2-6-15-8-9/h2-8H,1H3,(H,16,17). The Morgan fingerprint density at radius 3 is 2.89 bits per heavy atom. The Morgan fingerprint density at radius 1 is 1.39 bits per heavy atom. The van der Waals surface area contributed by atoms with E-state index in [1.54, 1.807) is 36.5 Å². The van der Waals surface area contributed by atoms with E-state index < -0.39 is 0 Å². The summed E-state index contributed by atoms with van der Waals surface area (Å²) >= 11 is 5.88. The lowest BCUT2D eigenvalue weighted by molar-refractivity contribution is 0.102. The third-order valence-electron chi connectivity index (χ3n) is 2.33. The van der Waals surface area contributed by atoms with Crippen LogP contribution in [0.5, 0.6) is 5.75 Å². The lowest BCUT2D eigenvalue weighted by atomic mass is 10.2. The van der Waals surface area contributed by atoms with Gasteiger partial charge in [0.1, 0.15) is 5.75 Å². The van der Waals surface area contributed by atoms with Crippen molar-refractivity contribution in [1.82, 2.24) is 4.98 Å². The largest absolute Gasteiger partial charge is 0.495 e. The van der Waals surface area contributed by atoms with E-state index in [0.717, 1.165) is 0 Å². The van der Waals surface area contributed by atoms with Gasteiger partial charge in [-0.05, 0) is 30.3 Å². The van der Waals surface area contributed by atoms with E-state index in [-0.39, 0.29) is 5.91 Å². The molecule has 92 valence electrons. The molecular formula is C13H11ClN2O2. The van der Waals surface area contributed by atoms with Crippen molar-refractivity contribution < 1.29 is 9.53 Å². The van der Waals surface area contributed by atoms with Crippen LogP contribution in [0.25, 0.3) is 0 Å². The third-order valence-corrected chi connectivity index (χ3v) is 2.57. The minimum atomic E-state index is -0.260. The summed E-state index contributed by atoms with van der Waals surface area (Å²) in [6.45, 7) is 0. The first kappa shape index (κ1) is 12.4. The molecule has 0 atom stereocenters. The van der Waals surface area contributed by atoms with Gasteiger partial charge in [0.15, 0.2) is 0 Å². The van der Waals surface area contributed by atoms with Crippen molar-refractivity contribution in [3.63, 3.8) is 0 Å². The molecule has 2 aromatic rings. The number of benzene rings is 1. The van der Waals surface area contributed by atoms with Gasteiger partial charge in [-0.3, -0.25) is 9.78 Å². The molecule has 4 nitrogen and oxygen atoms in total. The average molecular weight is 263 g/mol. The van der Waals surface area contributed by atoms with Gasteiger partial charge in [0.25, 0.3) is 5.91 Å². The summed E-state index contributed by atoms with van der Waals surface area (Å²) in [4.78, 5) is 15.8. The maximum atomic E-state index is 11.9. The van der Waals surface area contributed by atoms with Crippen molar-refractivity contribution in [1.29, 1.82) is 0 Å². The highest BCUT2D eigenvalue weighted by atomic mass is 35.5. The van der Waals surface area contributed by atoms with Crippen molar-refractivity contribution in [2.75, 3.05) is 12.4 Å². The van der Waals surface area contributed by atoms with Crippen molar-refractivity contribution >= 4 is 23.2 Å². The maximum Gasteiger partial charge on any atom is 0.257 e. The van der Waals surface area contributed by atoms with Crippen LogP contribution in [0.4, 0.5) is 5.69 Å². The SMILES string of the molecule is COc1ccc(Cl)cc1NC(=O)c1cccnc1. The molecule has 18 heavy (non-hydrogen) atoms. The zero-order chi connectivity index (χ0) is 13.0. The Balaban J connectivity index is 2.24. The molecule has 0 radical (unpaired) electrons. The molecule has 2 rings (SSSR count). The fraction of sp³-hybridized carbons (Fsp3) is 0.0769. The van der Waals surface area contributed by atoms with Crippen molar-refractivity contribution in [3.8, 4) is 5.75 Å². The number of amides is 1. The molecule has 0 unspecified atom stereocenters. The van der Waals surface area contributed by atoms with Crippen molar-refractivity contribution in [3.05, 3.63) is 53.3 Å². The zero-order valence-corrected chi connectivity index (χ0v) is 10.4. The summed E-state index contributed by atoms with van der Waals surface area (Å²) < 4.78 is 5.15. The second kappa shape index (κ2) is 5.51. The molecule has 0 aliphatic carbocycles. The van der Waals surface area contributed by atoms with Crippen LogP contribution in [-0.4, -0.2) is 18.0 Å². The van der Waals surface area contributed by atoms with Gasteiger partial charge in [-0.25, -0.2) is 0 Å². The van der Waals surface area contributed by atoms with Crippen LogP contribution in [0, 0.1) is 0 Å². The van der Waals surface area contributed by atoms with Gasteiger partial charge in [-0.2, -0.15) is 0 Å². The Morgan fingerprint density at radius 2 is 2.22 bits per heavy atom. The van der Waals surface area contributed by atoms with Gasteiger partial charge in [0.05, 0.1) is 18.4 Å². The number of carbonyl (C=O) groups excluding carboxylic acids is 1. The predicted octanol–water partition coefficient (Wildman–Crippen LogP) is 3.00. The minimum Gasteiger partial charge on any atom is -0.495 e.